The third-order valence-corrected chi connectivity index (χ3v) is 4.89. The fraction of sp³-hybridized carbons (Fsp3) is 0.263. The summed E-state index contributed by atoms with van der Waals surface area (Å²) in [6.45, 7) is 4.44. The lowest BCUT2D eigenvalue weighted by Gasteiger charge is -2.22. The van der Waals surface area contributed by atoms with E-state index >= 15 is 0 Å². The third-order valence-electron chi connectivity index (χ3n) is 4.89. The van der Waals surface area contributed by atoms with Gasteiger partial charge in [-0.3, -0.25) is 19.0 Å². The topological polar surface area (TPSA) is 64.1 Å². The summed E-state index contributed by atoms with van der Waals surface area (Å²) in [6.07, 6.45) is 5.59. The van der Waals surface area contributed by atoms with Gasteiger partial charge in [-0.05, 0) is 18.6 Å². The van der Waals surface area contributed by atoms with Crippen molar-refractivity contribution in [2.75, 3.05) is 6.54 Å². The van der Waals surface area contributed by atoms with Crippen LogP contribution in [-0.4, -0.2) is 40.8 Å². The molecule has 0 N–H and O–H groups in total. The van der Waals surface area contributed by atoms with Gasteiger partial charge < -0.3 is 0 Å². The number of hydrogen-bond donors (Lipinski definition) is 0. The summed E-state index contributed by atoms with van der Waals surface area (Å²) in [5.41, 5.74) is 4.36. The van der Waals surface area contributed by atoms with Gasteiger partial charge in [-0.1, -0.05) is 30.3 Å². The molecule has 4 aromatic rings. The number of aryl methyl sites for hydroxylation is 1. The van der Waals surface area contributed by atoms with E-state index in [2.05, 4.69) is 60.2 Å². The molecule has 26 heavy (non-hydrogen) atoms. The van der Waals surface area contributed by atoms with Crippen LogP contribution in [0.15, 0.2) is 55.0 Å². The molecule has 0 aliphatic carbocycles. The molecule has 1 aliphatic heterocycles. The van der Waals surface area contributed by atoms with Gasteiger partial charge in [-0.2, -0.15) is 5.10 Å². The molecule has 7 nitrogen and oxygen atoms in total. The van der Waals surface area contributed by atoms with Crippen molar-refractivity contribution >= 4 is 5.65 Å². The molecule has 130 valence electrons. The number of aromatic nitrogens is 6. The molecular formula is C19H19N7. The molecule has 0 radical (unpaired) electrons. The predicted molar refractivity (Wildman–Crippen MR) is 96.4 cm³/mol. The summed E-state index contributed by atoms with van der Waals surface area (Å²) in [5.74, 6) is 0.876. The van der Waals surface area contributed by atoms with Gasteiger partial charge in [0.2, 0.25) is 0 Å². The Morgan fingerprint density at radius 2 is 1.92 bits per heavy atom. The summed E-state index contributed by atoms with van der Waals surface area (Å²) >= 11 is 0. The Labute approximate surface area is 150 Å². The van der Waals surface area contributed by atoms with Gasteiger partial charge in [-0.15, -0.1) is 10.2 Å². The second-order valence-corrected chi connectivity index (χ2v) is 6.69. The van der Waals surface area contributed by atoms with Gasteiger partial charge in [0.15, 0.2) is 5.65 Å². The van der Waals surface area contributed by atoms with E-state index in [4.69, 9.17) is 0 Å². The number of hydrogen-bond acceptors (Lipinski definition) is 5. The molecule has 0 spiro atoms. The first-order chi connectivity index (χ1) is 12.8. The van der Waals surface area contributed by atoms with Crippen LogP contribution in [0.2, 0.25) is 0 Å². The Kier molecular flexibility index (Phi) is 3.53. The summed E-state index contributed by atoms with van der Waals surface area (Å²) in [5, 5.41) is 12.9. The molecule has 4 heterocycles. The number of fused-ring (bicyclic) bond motifs is 2. The van der Waals surface area contributed by atoms with Crippen LogP contribution in [0.25, 0.3) is 5.65 Å². The quantitative estimate of drug-likeness (QED) is 0.536. The van der Waals surface area contributed by atoms with Crippen LogP contribution >= 0.6 is 0 Å². The molecule has 7 heteroatoms. The van der Waals surface area contributed by atoms with Gasteiger partial charge in [0, 0.05) is 38.2 Å². The number of rotatable bonds is 6. The first kappa shape index (κ1) is 15.2. The molecular weight excluding hydrogens is 326 g/mol. The maximum atomic E-state index is 4.58. The molecule has 1 aromatic carbocycles. The molecule has 1 atom stereocenters. The van der Waals surface area contributed by atoms with Crippen LogP contribution in [0, 0.1) is 6.92 Å². The smallest absolute Gasteiger partial charge is 0.183 e. The molecule has 0 saturated carbocycles. The molecule has 1 unspecified atom stereocenters. The number of nitrogens with zero attached hydrogens (tertiary/aromatic N) is 7. The maximum Gasteiger partial charge on any atom is 0.183 e. The molecule has 1 aliphatic rings. The van der Waals surface area contributed by atoms with E-state index < -0.39 is 0 Å². The average Bonchev–Trinajstić information content (AvgIpc) is 3.02. The summed E-state index contributed by atoms with van der Waals surface area (Å²) in [4.78, 5) is 6.98. The van der Waals surface area contributed by atoms with Crippen molar-refractivity contribution in [2.24, 2.45) is 0 Å². The summed E-state index contributed by atoms with van der Waals surface area (Å²) in [7, 11) is 0. The minimum absolute atomic E-state index is 0.378. The largest absolute Gasteiger partial charge is 0.291 e. The zero-order valence-corrected chi connectivity index (χ0v) is 14.5. The van der Waals surface area contributed by atoms with Crippen LogP contribution in [0.4, 0.5) is 0 Å². The minimum Gasteiger partial charge on any atom is -0.291 e. The molecule has 0 fully saturated rings. The highest BCUT2D eigenvalue weighted by Gasteiger charge is 2.34. The van der Waals surface area contributed by atoms with Crippen LogP contribution in [0.5, 0.6) is 0 Å². The zero-order chi connectivity index (χ0) is 17.5. The SMILES string of the molecule is Cc1nnc2c(CN(Cc3ccccc3)CC3c4ccnn43)nccn12. The molecule has 3 aromatic heterocycles. The van der Waals surface area contributed by atoms with Crippen LogP contribution in [-0.2, 0) is 13.1 Å². The van der Waals surface area contributed by atoms with Crippen molar-refractivity contribution in [1.82, 2.24) is 34.3 Å². The van der Waals surface area contributed by atoms with Gasteiger partial charge in [0.05, 0.1) is 11.4 Å². The minimum atomic E-state index is 0.378. The average molecular weight is 345 g/mol. The van der Waals surface area contributed by atoms with Crippen LogP contribution in [0.3, 0.4) is 0 Å². The third kappa shape index (κ3) is 2.66. The second-order valence-electron chi connectivity index (χ2n) is 6.69. The maximum absolute atomic E-state index is 4.58. The molecule has 0 bridgehead atoms. The Morgan fingerprint density at radius 1 is 1.04 bits per heavy atom. The van der Waals surface area contributed by atoms with Gasteiger partial charge in [0.1, 0.15) is 11.9 Å². The van der Waals surface area contributed by atoms with E-state index in [1.54, 1.807) is 0 Å². The van der Waals surface area contributed by atoms with Crippen molar-refractivity contribution in [3.63, 3.8) is 0 Å². The Morgan fingerprint density at radius 3 is 2.73 bits per heavy atom. The van der Waals surface area contributed by atoms with Crippen molar-refractivity contribution < 1.29 is 0 Å². The van der Waals surface area contributed by atoms with Crippen LogP contribution in [0.1, 0.15) is 28.8 Å². The molecule has 0 amide bonds. The standard InChI is InChI=1S/C19H19N7/c1-14-22-23-19-16(20-9-10-25(14)19)12-24(11-15-5-3-2-4-6-15)13-18-17-7-8-21-26(17)18/h2-10,18H,11-13H2,1H3. The highest BCUT2D eigenvalue weighted by atomic mass is 15.4. The highest BCUT2D eigenvalue weighted by molar-refractivity contribution is 5.43. The lowest BCUT2D eigenvalue weighted by molar-refractivity contribution is 0.245. The first-order valence-corrected chi connectivity index (χ1v) is 8.74. The van der Waals surface area contributed by atoms with Crippen molar-refractivity contribution in [1.29, 1.82) is 0 Å². The van der Waals surface area contributed by atoms with Crippen molar-refractivity contribution in [3.05, 3.63) is 77.8 Å². The van der Waals surface area contributed by atoms with E-state index in [0.717, 1.165) is 36.8 Å². The normalized spacial score (nSPS) is 15.5. The summed E-state index contributed by atoms with van der Waals surface area (Å²) in [6, 6.07) is 13.0. The zero-order valence-electron chi connectivity index (χ0n) is 14.5. The fourth-order valence-corrected chi connectivity index (χ4v) is 3.52. The highest BCUT2D eigenvalue weighted by Crippen LogP contribution is 2.33. The van der Waals surface area contributed by atoms with E-state index in [0.29, 0.717) is 6.04 Å². The predicted octanol–water partition coefficient (Wildman–Crippen LogP) is 2.23. The van der Waals surface area contributed by atoms with Gasteiger partial charge in [-0.25, -0.2) is 0 Å². The van der Waals surface area contributed by atoms with Gasteiger partial charge >= 0.3 is 0 Å². The van der Waals surface area contributed by atoms with Crippen molar-refractivity contribution in [3.8, 4) is 0 Å². The van der Waals surface area contributed by atoms with Crippen LogP contribution < -0.4 is 0 Å². The Balaban J connectivity index is 1.42. The fourth-order valence-electron chi connectivity index (χ4n) is 3.52. The lowest BCUT2D eigenvalue weighted by atomic mass is 10.2. The molecule has 5 rings (SSSR count). The second kappa shape index (κ2) is 6.03. The number of benzene rings is 1. The van der Waals surface area contributed by atoms with Crippen molar-refractivity contribution in [2.45, 2.75) is 26.1 Å². The lowest BCUT2D eigenvalue weighted by Crippen LogP contribution is -2.26. The van der Waals surface area contributed by atoms with E-state index in [1.165, 1.54) is 11.3 Å². The van der Waals surface area contributed by atoms with E-state index in [9.17, 15) is 0 Å². The first-order valence-electron chi connectivity index (χ1n) is 8.74. The molecule has 0 saturated heterocycles. The summed E-state index contributed by atoms with van der Waals surface area (Å²) < 4.78 is 4.07. The Hall–Kier alpha value is -3.06. The van der Waals surface area contributed by atoms with E-state index in [-0.39, 0.29) is 0 Å². The Bertz CT molecular complexity index is 1030. The monoisotopic (exact) mass is 345 g/mol. The van der Waals surface area contributed by atoms with E-state index in [1.807, 2.05) is 36.0 Å². The van der Waals surface area contributed by atoms with Gasteiger partial charge in [0.25, 0.3) is 0 Å².